The van der Waals surface area contributed by atoms with E-state index >= 15 is 0 Å². The maximum Gasteiger partial charge on any atom is 0.238 e. The summed E-state index contributed by atoms with van der Waals surface area (Å²) >= 11 is 12.2. The summed E-state index contributed by atoms with van der Waals surface area (Å²) in [7, 11) is 0. The average molecular weight is 467 g/mol. The average Bonchev–Trinajstić information content (AvgIpc) is 3.19. The Morgan fingerprint density at radius 2 is 0.909 bits per heavy atom. The number of halogens is 2. The van der Waals surface area contributed by atoms with Crippen LogP contribution in [0.25, 0.3) is 50.5 Å². The van der Waals surface area contributed by atoms with Crippen molar-refractivity contribution in [3.63, 3.8) is 0 Å². The van der Waals surface area contributed by atoms with E-state index < -0.39 is 0 Å². The molecule has 158 valence electrons. The van der Waals surface area contributed by atoms with E-state index in [1.54, 1.807) is 0 Å². The van der Waals surface area contributed by atoms with E-state index in [1.165, 1.54) is 0 Å². The molecule has 0 aliphatic rings. The van der Waals surface area contributed by atoms with Crippen molar-refractivity contribution in [2.45, 2.75) is 0 Å². The van der Waals surface area contributed by atoms with E-state index in [1.807, 2.05) is 72.8 Å². The van der Waals surface area contributed by atoms with Gasteiger partial charge in [0, 0.05) is 31.9 Å². The summed E-state index contributed by atoms with van der Waals surface area (Å²) < 4.78 is 2.09. The molecule has 33 heavy (non-hydrogen) atoms. The van der Waals surface area contributed by atoms with Crippen LogP contribution in [0.5, 0.6) is 0 Å². The molecule has 6 heteroatoms. The molecule has 0 N–H and O–H groups in total. The third-order valence-electron chi connectivity index (χ3n) is 5.61. The van der Waals surface area contributed by atoms with Gasteiger partial charge in [0.15, 0.2) is 11.6 Å². The fourth-order valence-electron chi connectivity index (χ4n) is 4.06. The summed E-state index contributed by atoms with van der Waals surface area (Å²) in [5.41, 5.74) is 3.79. The van der Waals surface area contributed by atoms with Gasteiger partial charge in [-0.15, -0.1) is 0 Å². The molecule has 0 aliphatic carbocycles. The molecular formula is C27H16Cl2N4. The Kier molecular flexibility index (Phi) is 4.83. The highest BCUT2D eigenvalue weighted by molar-refractivity contribution is 6.30. The number of benzene rings is 4. The van der Waals surface area contributed by atoms with Gasteiger partial charge in [0.25, 0.3) is 0 Å². The number of para-hydroxylation sites is 2. The second kappa shape index (κ2) is 8.00. The lowest BCUT2D eigenvalue weighted by Crippen LogP contribution is -2.06. The third-order valence-corrected chi connectivity index (χ3v) is 6.11. The Morgan fingerprint density at radius 3 is 1.36 bits per heavy atom. The maximum absolute atomic E-state index is 6.11. The van der Waals surface area contributed by atoms with Crippen LogP contribution >= 0.6 is 23.2 Å². The molecule has 0 saturated carbocycles. The van der Waals surface area contributed by atoms with Crippen molar-refractivity contribution in [2.75, 3.05) is 0 Å². The molecule has 0 unspecified atom stereocenters. The molecule has 2 aromatic heterocycles. The zero-order chi connectivity index (χ0) is 22.4. The molecular weight excluding hydrogens is 451 g/mol. The van der Waals surface area contributed by atoms with Crippen molar-refractivity contribution in [3.05, 3.63) is 107 Å². The zero-order valence-electron chi connectivity index (χ0n) is 17.3. The van der Waals surface area contributed by atoms with Crippen molar-refractivity contribution >= 4 is 45.0 Å². The summed E-state index contributed by atoms with van der Waals surface area (Å²) in [5, 5.41) is 3.62. The van der Waals surface area contributed by atoms with E-state index in [4.69, 9.17) is 38.2 Å². The first-order valence-electron chi connectivity index (χ1n) is 10.4. The molecule has 0 saturated heterocycles. The van der Waals surface area contributed by atoms with E-state index in [0.29, 0.717) is 27.6 Å². The Balaban J connectivity index is 1.67. The Bertz CT molecular complexity index is 1500. The van der Waals surface area contributed by atoms with Gasteiger partial charge in [0.1, 0.15) is 0 Å². The highest BCUT2D eigenvalue weighted by atomic mass is 35.5. The third kappa shape index (κ3) is 3.54. The second-order valence-corrected chi connectivity index (χ2v) is 8.54. The normalized spacial score (nSPS) is 11.3. The van der Waals surface area contributed by atoms with Crippen LogP contribution in [-0.2, 0) is 0 Å². The Morgan fingerprint density at radius 1 is 0.485 bits per heavy atom. The standard InChI is InChI=1S/C27H16Cl2N4/c28-19-13-9-17(10-14-19)25-30-26(18-11-15-20(29)16-12-18)32-27(31-25)33-23-7-3-1-5-21(23)22-6-2-4-8-24(22)33/h1-16H. The van der Waals surface area contributed by atoms with Crippen LogP contribution < -0.4 is 0 Å². The number of hydrogen-bond acceptors (Lipinski definition) is 3. The molecule has 0 aliphatic heterocycles. The first-order chi connectivity index (χ1) is 16.2. The van der Waals surface area contributed by atoms with Gasteiger partial charge in [-0.3, -0.25) is 4.57 Å². The summed E-state index contributed by atoms with van der Waals surface area (Å²) in [5.74, 6) is 1.70. The molecule has 4 aromatic carbocycles. The minimum Gasteiger partial charge on any atom is -0.278 e. The molecule has 0 radical (unpaired) electrons. The van der Waals surface area contributed by atoms with Gasteiger partial charge in [0.2, 0.25) is 5.95 Å². The largest absolute Gasteiger partial charge is 0.278 e. The minimum absolute atomic E-state index is 0.553. The predicted molar refractivity (Wildman–Crippen MR) is 135 cm³/mol. The Labute approximate surface area is 200 Å². The van der Waals surface area contributed by atoms with Gasteiger partial charge in [-0.1, -0.05) is 59.6 Å². The molecule has 0 amide bonds. The van der Waals surface area contributed by atoms with Crippen molar-refractivity contribution in [3.8, 4) is 28.7 Å². The lowest BCUT2D eigenvalue weighted by Gasteiger charge is -2.11. The van der Waals surface area contributed by atoms with Gasteiger partial charge in [-0.05, 0) is 60.7 Å². The van der Waals surface area contributed by atoms with Gasteiger partial charge < -0.3 is 0 Å². The highest BCUT2D eigenvalue weighted by Crippen LogP contribution is 2.32. The van der Waals surface area contributed by atoms with Gasteiger partial charge in [0.05, 0.1) is 11.0 Å². The first-order valence-corrected chi connectivity index (χ1v) is 11.2. The van der Waals surface area contributed by atoms with Gasteiger partial charge in [-0.2, -0.15) is 9.97 Å². The monoisotopic (exact) mass is 466 g/mol. The van der Waals surface area contributed by atoms with Crippen molar-refractivity contribution in [2.24, 2.45) is 0 Å². The quantitative estimate of drug-likeness (QED) is 0.269. The Hall–Kier alpha value is -3.73. The number of aromatic nitrogens is 4. The van der Waals surface area contributed by atoms with Crippen LogP contribution in [0.1, 0.15) is 0 Å². The summed E-state index contributed by atoms with van der Waals surface area (Å²) in [6.45, 7) is 0. The SMILES string of the molecule is Clc1ccc(-c2nc(-c3ccc(Cl)cc3)nc(-n3c4ccccc4c4ccccc43)n2)cc1. The van der Waals surface area contributed by atoms with E-state index in [0.717, 1.165) is 32.9 Å². The van der Waals surface area contributed by atoms with Crippen LogP contribution in [0.3, 0.4) is 0 Å². The topological polar surface area (TPSA) is 43.6 Å². The van der Waals surface area contributed by atoms with Crippen LogP contribution in [0.15, 0.2) is 97.1 Å². The summed E-state index contributed by atoms with van der Waals surface area (Å²) in [4.78, 5) is 14.6. The van der Waals surface area contributed by atoms with Crippen LogP contribution in [0.2, 0.25) is 10.0 Å². The number of hydrogen-bond donors (Lipinski definition) is 0. The zero-order valence-corrected chi connectivity index (χ0v) is 18.8. The highest BCUT2D eigenvalue weighted by Gasteiger charge is 2.17. The lowest BCUT2D eigenvalue weighted by molar-refractivity contribution is 0.953. The maximum atomic E-state index is 6.11. The fourth-order valence-corrected chi connectivity index (χ4v) is 4.31. The van der Waals surface area contributed by atoms with Gasteiger partial charge in [-0.25, -0.2) is 4.98 Å². The van der Waals surface area contributed by atoms with Crippen molar-refractivity contribution in [1.29, 1.82) is 0 Å². The minimum atomic E-state index is 0.553. The lowest BCUT2D eigenvalue weighted by atomic mass is 10.2. The van der Waals surface area contributed by atoms with Crippen molar-refractivity contribution in [1.82, 2.24) is 19.5 Å². The van der Waals surface area contributed by atoms with E-state index in [-0.39, 0.29) is 0 Å². The molecule has 0 fully saturated rings. The smallest absolute Gasteiger partial charge is 0.238 e. The van der Waals surface area contributed by atoms with Crippen LogP contribution in [0.4, 0.5) is 0 Å². The number of nitrogens with zero attached hydrogens (tertiary/aromatic N) is 4. The second-order valence-electron chi connectivity index (χ2n) is 7.67. The molecule has 0 spiro atoms. The van der Waals surface area contributed by atoms with Gasteiger partial charge >= 0.3 is 0 Å². The molecule has 6 aromatic rings. The molecule has 2 heterocycles. The van der Waals surface area contributed by atoms with Crippen LogP contribution in [-0.4, -0.2) is 19.5 Å². The number of rotatable bonds is 3. The summed E-state index contributed by atoms with van der Waals surface area (Å²) in [6.07, 6.45) is 0. The summed E-state index contributed by atoms with van der Waals surface area (Å²) in [6, 6.07) is 31.6. The molecule has 0 bridgehead atoms. The number of fused-ring (bicyclic) bond motifs is 3. The molecule has 4 nitrogen and oxygen atoms in total. The molecule has 6 rings (SSSR count). The fraction of sp³-hybridized carbons (Fsp3) is 0. The van der Waals surface area contributed by atoms with Crippen LogP contribution in [0, 0.1) is 0 Å². The predicted octanol–water partition coefficient (Wildman–Crippen LogP) is 7.61. The van der Waals surface area contributed by atoms with E-state index in [9.17, 15) is 0 Å². The first kappa shape index (κ1) is 19.9. The molecule has 0 atom stereocenters. The van der Waals surface area contributed by atoms with E-state index in [2.05, 4.69) is 28.8 Å². The van der Waals surface area contributed by atoms with Crippen molar-refractivity contribution < 1.29 is 0 Å².